The fraction of sp³-hybridized carbons (Fsp3) is 1.00. The molecular formula is C14H30N2O. The molecule has 1 aliphatic rings. The van der Waals surface area contributed by atoms with Gasteiger partial charge in [0.25, 0.3) is 0 Å². The maximum absolute atomic E-state index is 5.82. The Labute approximate surface area is 107 Å². The lowest BCUT2D eigenvalue weighted by Gasteiger charge is -2.37. The van der Waals surface area contributed by atoms with Crippen LogP contribution in [0.4, 0.5) is 0 Å². The molecule has 3 nitrogen and oxygen atoms in total. The Bertz CT molecular complexity index is 206. The van der Waals surface area contributed by atoms with Gasteiger partial charge in [0, 0.05) is 26.2 Å². The van der Waals surface area contributed by atoms with Crippen molar-refractivity contribution in [1.82, 2.24) is 10.2 Å². The molecular weight excluding hydrogens is 212 g/mol. The van der Waals surface area contributed by atoms with E-state index in [1.165, 1.54) is 13.1 Å². The van der Waals surface area contributed by atoms with E-state index in [0.29, 0.717) is 0 Å². The number of nitrogens with one attached hydrogen (secondary N) is 1. The van der Waals surface area contributed by atoms with Crippen LogP contribution in [-0.2, 0) is 4.74 Å². The number of ether oxygens (including phenoxy) is 1. The van der Waals surface area contributed by atoms with E-state index in [1.54, 1.807) is 0 Å². The van der Waals surface area contributed by atoms with Gasteiger partial charge in [-0.25, -0.2) is 0 Å². The highest BCUT2D eigenvalue weighted by Gasteiger charge is 2.25. The second-order valence-electron chi connectivity index (χ2n) is 6.26. The van der Waals surface area contributed by atoms with E-state index in [0.717, 1.165) is 38.1 Å². The van der Waals surface area contributed by atoms with Crippen molar-refractivity contribution in [3.05, 3.63) is 0 Å². The van der Waals surface area contributed by atoms with Crippen LogP contribution in [0.15, 0.2) is 0 Å². The van der Waals surface area contributed by atoms with Crippen LogP contribution in [0.1, 0.15) is 34.6 Å². The first-order valence-corrected chi connectivity index (χ1v) is 7.00. The highest BCUT2D eigenvalue weighted by atomic mass is 16.5. The molecule has 2 unspecified atom stereocenters. The van der Waals surface area contributed by atoms with Crippen LogP contribution in [0.25, 0.3) is 0 Å². The summed E-state index contributed by atoms with van der Waals surface area (Å²) < 4.78 is 5.82. The quantitative estimate of drug-likeness (QED) is 0.816. The number of hydrogen-bond donors (Lipinski definition) is 1. The highest BCUT2D eigenvalue weighted by molar-refractivity contribution is 4.79. The molecule has 0 spiro atoms. The van der Waals surface area contributed by atoms with Crippen molar-refractivity contribution >= 4 is 0 Å². The van der Waals surface area contributed by atoms with Gasteiger partial charge in [-0.15, -0.1) is 0 Å². The maximum atomic E-state index is 5.82. The molecule has 3 heteroatoms. The van der Waals surface area contributed by atoms with E-state index in [9.17, 15) is 0 Å². The molecule has 17 heavy (non-hydrogen) atoms. The summed E-state index contributed by atoms with van der Waals surface area (Å²) in [5, 5.41) is 3.54. The van der Waals surface area contributed by atoms with Gasteiger partial charge in [0.2, 0.25) is 0 Å². The second-order valence-corrected chi connectivity index (χ2v) is 6.26. The molecule has 0 bridgehead atoms. The maximum Gasteiger partial charge on any atom is 0.0752 e. The summed E-state index contributed by atoms with van der Waals surface area (Å²) in [5.74, 6) is 1.44. The third kappa shape index (κ3) is 5.84. The van der Waals surface area contributed by atoms with Crippen molar-refractivity contribution in [3.63, 3.8) is 0 Å². The van der Waals surface area contributed by atoms with Crippen LogP contribution in [0, 0.1) is 11.8 Å². The van der Waals surface area contributed by atoms with E-state index in [1.807, 2.05) is 0 Å². The van der Waals surface area contributed by atoms with Crippen LogP contribution in [0.2, 0.25) is 0 Å². The number of hydrogen-bond acceptors (Lipinski definition) is 3. The van der Waals surface area contributed by atoms with Crippen molar-refractivity contribution < 1.29 is 4.74 Å². The molecule has 1 heterocycles. The van der Waals surface area contributed by atoms with Crippen molar-refractivity contribution in [3.8, 4) is 0 Å². The first kappa shape index (κ1) is 14.9. The first-order chi connectivity index (χ1) is 7.93. The van der Waals surface area contributed by atoms with E-state index in [2.05, 4.69) is 44.8 Å². The SMILES string of the molecule is CCOC(C)(C)CN1CC(C)CNCC(C)C1. The lowest BCUT2D eigenvalue weighted by molar-refractivity contribution is -0.0393. The molecule has 2 atom stereocenters. The van der Waals surface area contributed by atoms with E-state index < -0.39 is 0 Å². The summed E-state index contributed by atoms with van der Waals surface area (Å²) in [5.41, 5.74) is -0.0270. The molecule has 102 valence electrons. The average molecular weight is 242 g/mol. The Morgan fingerprint density at radius 1 is 1.18 bits per heavy atom. The van der Waals surface area contributed by atoms with Gasteiger partial charge in [-0.2, -0.15) is 0 Å². The standard InChI is InChI=1S/C14H30N2O/c1-6-17-14(4,5)11-16-9-12(2)7-15-8-13(3)10-16/h12-13,15H,6-11H2,1-5H3. The summed E-state index contributed by atoms with van der Waals surface area (Å²) >= 11 is 0. The fourth-order valence-electron chi connectivity index (χ4n) is 2.77. The lowest BCUT2D eigenvalue weighted by Crippen LogP contribution is -2.48. The summed E-state index contributed by atoms with van der Waals surface area (Å²) in [4.78, 5) is 2.58. The van der Waals surface area contributed by atoms with Gasteiger partial charge in [-0.1, -0.05) is 13.8 Å². The number of nitrogens with zero attached hydrogens (tertiary/aromatic N) is 1. The topological polar surface area (TPSA) is 24.5 Å². The van der Waals surface area contributed by atoms with Gasteiger partial charge >= 0.3 is 0 Å². The monoisotopic (exact) mass is 242 g/mol. The summed E-state index contributed by atoms with van der Waals surface area (Å²) in [6.07, 6.45) is 0. The minimum Gasteiger partial charge on any atom is -0.375 e. The Morgan fingerprint density at radius 3 is 2.18 bits per heavy atom. The molecule has 0 amide bonds. The zero-order valence-electron chi connectivity index (χ0n) is 12.3. The molecule has 0 aliphatic carbocycles. The molecule has 0 aromatic heterocycles. The summed E-state index contributed by atoms with van der Waals surface area (Å²) in [6.45, 7) is 17.6. The Hall–Kier alpha value is -0.120. The summed E-state index contributed by atoms with van der Waals surface area (Å²) in [6, 6.07) is 0. The van der Waals surface area contributed by atoms with Crippen LogP contribution < -0.4 is 5.32 Å². The molecule has 0 aromatic rings. The van der Waals surface area contributed by atoms with Gasteiger partial charge < -0.3 is 10.1 Å². The largest absolute Gasteiger partial charge is 0.375 e. The zero-order chi connectivity index (χ0) is 12.9. The molecule has 1 aliphatic heterocycles. The molecule has 0 aromatic carbocycles. The van der Waals surface area contributed by atoms with Crippen molar-refractivity contribution in [2.75, 3.05) is 39.3 Å². The molecule has 1 saturated heterocycles. The van der Waals surface area contributed by atoms with E-state index >= 15 is 0 Å². The van der Waals surface area contributed by atoms with Crippen molar-refractivity contribution in [1.29, 1.82) is 0 Å². The Balaban J connectivity index is 2.52. The van der Waals surface area contributed by atoms with E-state index in [-0.39, 0.29) is 5.60 Å². The minimum atomic E-state index is -0.0270. The van der Waals surface area contributed by atoms with E-state index in [4.69, 9.17) is 4.74 Å². The van der Waals surface area contributed by atoms with Crippen LogP contribution >= 0.6 is 0 Å². The molecule has 1 fully saturated rings. The van der Waals surface area contributed by atoms with Crippen LogP contribution in [-0.4, -0.2) is 49.8 Å². The van der Waals surface area contributed by atoms with Gasteiger partial charge in [0.05, 0.1) is 5.60 Å². The number of rotatable bonds is 4. The molecule has 1 rings (SSSR count). The lowest BCUT2D eigenvalue weighted by atomic mass is 10.0. The first-order valence-electron chi connectivity index (χ1n) is 7.00. The van der Waals surface area contributed by atoms with Crippen molar-refractivity contribution in [2.24, 2.45) is 11.8 Å². The average Bonchev–Trinajstić information content (AvgIpc) is 2.13. The van der Waals surface area contributed by atoms with Crippen LogP contribution in [0.3, 0.4) is 0 Å². The molecule has 0 radical (unpaired) electrons. The van der Waals surface area contributed by atoms with Crippen molar-refractivity contribution in [2.45, 2.75) is 40.2 Å². The minimum absolute atomic E-state index is 0.0270. The van der Waals surface area contributed by atoms with Crippen LogP contribution in [0.5, 0.6) is 0 Å². The Kier molecular flexibility index (Phi) is 5.90. The second kappa shape index (κ2) is 6.72. The fourth-order valence-corrected chi connectivity index (χ4v) is 2.77. The zero-order valence-corrected chi connectivity index (χ0v) is 12.3. The molecule has 1 N–H and O–H groups in total. The van der Waals surface area contributed by atoms with Gasteiger partial charge in [-0.05, 0) is 45.7 Å². The van der Waals surface area contributed by atoms with Gasteiger partial charge in [0.15, 0.2) is 0 Å². The summed E-state index contributed by atoms with van der Waals surface area (Å²) in [7, 11) is 0. The predicted octanol–water partition coefficient (Wildman–Crippen LogP) is 1.98. The predicted molar refractivity (Wildman–Crippen MR) is 73.3 cm³/mol. The van der Waals surface area contributed by atoms with Gasteiger partial charge in [0.1, 0.15) is 0 Å². The van der Waals surface area contributed by atoms with Gasteiger partial charge in [-0.3, -0.25) is 4.90 Å². The smallest absolute Gasteiger partial charge is 0.0752 e. The third-order valence-electron chi connectivity index (χ3n) is 3.26. The highest BCUT2D eigenvalue weighted by Crippen LogP contribution is 2.15. The molecule has 0 saturated carbocycles. The normalized spacial score (nSPS) is 28.8. The third-order valence-corrected chi connectivity index (χ3v) is 3.26. The Morgan fingerprint density at radius 2 is 1.71 bits per heavy atom.